The van der Waals surface area contributed by atoms with Crippen LogP contribution in [-0.2, 0) is 52.2 Å². The van der Waals surface area contributed by atoms with E-state index in [4.69, 9.17) is 38.6 Å². The quantitative estimate of drug-likeness (QED) is 0.0349. The number of ether oxygens (including phenoxy) is 7. The summed E-state index contributed by atoms with van der Waals surface area (Å²) in [6.45, 7) is 9.23. The summed E-state index contributed by atoms with van der Waals surface area (Å²) in [7, 11) is 0.425. The molecule has 1 N–H and O–H groups in total. The molecule has 2 aliphatic rings. The summed E-state index contributed by atoms with van der Waals surface area (Å²) >= 11 is 0. The molecule has 0 bridgehead atoms. The van der Waals surface area contributed by atoms with Crippen molar-refractivity contribution in [1.29, 1.82) is 5.41 Å². The molecule has 0 aromatic carbocycles. The van der Waals surface area contributed by atoms with Crippen LogP contribution in [0.2, 0.25) is 0 Å². The first-order chi connectivity index (χ1) is 21.0. The van der Waals surface area contributed by atoms with Gasteiger partial charge in [-0.05, 0) is 0 Å². The number of halogens is 3. The molecule has 0 saturated carbocycles. The van der Waals surface area contributed by atoms with E-state index in [1.807, 2.05) is 13.8 Å². The number of rotatable bonds is 13. The van der Waals surface area contributed by atoms with Crippen molar-refractivity contribution in [3.05, 3.63) is 10.4 Å². The molecule has 0 aromatic rings. The van der Waals surface area contributed by atoms with Crippen LogP contribution in [0.5, 0.6) is 0 Å². The molecule has 0 amide bonds. The molecular weight excluding hydrogens is 630 g/mol. The molecule has 2 heterocycles. The second-order valence-electron chi connectivity index (χ2n) is 10.4. The molecule has 21 heteroatoms. The van der Waals surface area contributed by atoms with E-state index in [1.165, 1.54) is 6.89 Å². The van der Waals surface area contributed by atoms with Crippen LogP contribution >= 0.6 is 8.46 Å². The average Bonchev–Trinajstić information content (AvgIpc) is 2.94. The summed E-state index contributed by atoms with van der Waals surface area (Å²) in [6.07, 6.45) is -14.8. The molecule has 0 aliphatic carbocycles. The van der Waals surface area contributed by atoms with Gasteiger partial charge in [-0.1, -0.05) is 0 Å². The summed E-state index contributed by atoms with van der Waals surface area (Å²) in [5.41, 5.74) is 8.89. The molecule has 2 aliphatic heterocycles. The van der Waals surface area contributed by atoms with Gasteiger partial charge in [0.1, 0.15) is 0 Å². The van der Waals surface area contributed by atoms with Crippen molar-refractivity contribution in [3.63, 3.8) is 0 Å². The van der Waals surface area contributed by atoms with Crippen LogP contribution < -0.4 is 0 Å². The summed E-state index contributed by atoms with van der Waals surface area (Å²) in [5.74, 6) is -5.50. The Balaban J connectivity index is 2.63. The van der Waals surface area contributed by atoms with Gasteiger partial charge in [0.2, 0.25) is 0 Å². The van der Waals surface area contributed by atoms with Gasteiger partial charge in [0, 0.05) is 13.8 Å². The Labute approximate surface area is 260 Å². The van der Waals surface area contributed by atoms with Gasteiger partial charge in [-0.15, -0.1) is 0 Å². The van der Waals surface area contributed by atoms with E-state index in [2.05, 4.69) is 10.0 Å². The van der Waals surface area contributed by atoms with Crippen molar-refractivity contribution in [2.24, 2.45) is 17.0 Å². The molecule has 249 valence electrons. The molecular formula is C24H35B2F3N4O11P. The SMILES string of the molecule is CC[C@H](C)C1OC(OC(=N)C(F)(F)F)C(O[C@H]2OC(COC(C)=O)[C@@H](OC(C)=O)C(OC(C)=O)C2N=[N+]=[N-])[C@@H](C)[C@@H]1P[B]B=O. The molecule has 2 rings (SSSR count). The molecule has 1 radical (unpaired) electrons. The fourth-order valence-corrected chi connectivity index (χ4v) is 6.38. The third-order valence-electron chi connectivity index (χ3n) is 7.20. The summed E-state index contributed by atoms with van der Waals surface area (Å²) in [4.78, 5) is 38.4. The van der Waals surface area contributed by atoms with Crippen LogP contribution in [0.15, 0.2) is 5.11 Å². The molecule has 7 unspecified atom stereocenters. The predicted molar refractivity (Wildman–Crippen MR) is 151 cm³/mol. The van der Waals surface area contributed by atoms with E-state index in [9.17, 15) is 37.8 Å². The molecule has 45 heavy (non-hydrogen) atoms. The van der Waals surface area contributed by atoms with Crippen LogP contribution in [0.1, 0.15) is 48.0 Å². The van der Waals surface area contributed by atoms with Gasteiger partial charge in [0.15, 0.2) is 0 Å². The van der Waals surface area contributed by atoms with E-state index < -0.39 is 97.3 Å². The molecule has 2 fully saturated rings. The van der Waals surface area contributed by atoms with Crippen LogP contribution in [0, 0.1) is 17.2 Å². The Morgan fingerprint density at radius 1 is 1.04 bits per heavy atom. The number of carbonyl (C=O) groups is 3. The average molecular weight is 665 g/mol. The van der Waals surface area contributed by atoms with E-state index in [0.717, 1.165) is 20.8 Å². The maximum atomic E-state index is 13.4. The monoisotopic (exact) mass is 665 g/mol. The van der Waals surface area contributed by atoms with Crippen molar-refractivity contribution < 1.29 is 65.4 Å². The number of azide groups is 1. The second-order valence-corrected chi connectivity index (χ2v) is 11.8. The zero-order valence-corrected chi connectivity index (χ0v) is 26.4. The van der Waals surface area contributed by atoms with Gasteiger partial charge < -0.3 is 0 Å². The first-order valence-corrected chi connectivity index (χ1v) is 15.0. The van der Waals surface area contributed by atoms with Crippen molar-refractivity contribution in [1.82, 2.24) is 0 Å². The van der Waals surface area contributed by atoms with Crippen LogP contribution in [0.3, 0.4) is 0 Å². The van der Waals surface area contributed by atoms with Crippen molar-refractivity contribution in [2.75, 3.05) is 6.61 Å². The predicted octanol–water partition coefficient (Wildman–Crippen LogP) is 2.80. The number of esters is 3. The Bertz CT molecular complexity index is 1140. The fourth-order valence-electron chi connectivity index (χ4n) is 4.99. The van der Waals surface area contributed by atoms with Gasteiger partial charge in [-0.2, -0.15) is 0 Å². The summed E-state index contributed by atoms with van der Waals surface area (Å²) in [6, 6.07) is -1.60. The van der Waals surface area contributed by atoms with Crippen molar-refractivity contribution in [3.8, 4) is 0 Å². The number of hydrogen-bond acceptors (Lipinski definition) is 13. The summed E-state index contributed by atoms with van der Waals surface area (Å²) < 4.78 is 90.3. The minimum absolute atomic E-state index is 0.155. The minimum atomic E-state index is -5.17. The molecule has 0 spiro atoms. The third kappa shape index (κ3) is 10.6. The zero-order chi connectivity index (χ0) is 34.1. The Morgan fingerprint density at radius 3 is 2.18 bits per heavy atom. The Morgan fingerprint density at radius 2 is 1.67 bits per heavy atom. The Kier molecular flexibility index (Phi) is 14.7. The number of nitrogens with one attached hydrogen (secondary N) is 1. The topological polar surface area (TPSA) is 206 Å². The van der Waals surface area contributed by atoms with Gasteiger partial charge in [-0.3, -0.25) is 9.59 Å². The fraction of sp³-hybridized carbons (Fsp3) is 0.833. The first-order valence-electron chi connectivity index (χ1n) is 13.9. The zero-order valence-electron chi connectivity index (χ0n) is 25.4. The molecule has 0 aromatic heterocycles. The standard InChI is InChI=1S/C24H35B2F3N4O11P/c1-7-9(2)16-20(45-26-25-37)10(3)17(22(42-16)44-23(30)24(27,28)29)43-21-15(32-33-31)19(40-13(6)36)18(39-12(5)35)14(41-21)8-38-11(4)34/h9-10,14-22,30,45H,7-8H2,1-6H3/t9-,10+,14?,15?,16?,17?,18+,19?,20-,21+,22?/m0/s1. The van der Waals surface area contributed by atoms with Crippen LogP contribution in [-0.4, -0.2) is 105 Å². The van der Waals surface area contributed by atoms with E-state index in [1.54, 1.807) is 6.92 Å². The number of alkyl halides is 3. The maximum absolute atomic E-state index is 13.4. The third-order valence-corrected chi connectivity index (χ3v) is 8.76. The van der Waals surface area contributed by atoms with E-state index in [0.29, 0.717) is 13.5 Å². The van der Waals surface area contributed by atoms with Gasteiger partial charge >= 0.3 is 237 Å². The number of hydrogen-bond donors (Lipinski definition) is 1. The van der Waals surface area contributed by atoms with E-state index >= 15 is 0 Å². The second kappa shape index (κ2) is 17.2. The van der Waals surface area contributed by atoms with Crippen LogP contribution in [0.4, 0.5) is 13.2 Å². The Hall–Kier alpha value is -2.78. The van der Waals surface area contributed by atoms with Gasteiger partial charge in [-0.25, -0.2) is 0 Å². The van der Waals surface area contributed by atoms with Crippen molar-refractivity contribution in [2.45, 2.75) is 109 Å². The first kappa shape index (κ1) is 38.4. The summed E-state index contributed by atoms with van der Waals surface area (Å²) in [5, 5.41) is 11.1. The van der Waals surface area contributed by atoms with E-state index in [-0.39, 0.29) is 14.4 Å². The number of nitrogens with zero attached hydrogens (tertiary/aromatic N) is 3. The number of carbonyl (C=O) groups excluding carboxylic acids is 3. The molecule has 15 nitrogen and oxygen atoms in total. The van der Waals surface area contributed by atoms with Gasteiger partial charge in [0.25, 0.3) is 0 Å². The van der Waals surface area contributed by atoms with Crippen LogP contribution in [0.25, 0.3) is 10.4 Å². The van der Waals surface area contributed by atoms with Gasteiger partial charge in [0.05, 0.1) is 0 Å². The molecule has 12 atom stereocenters. The normalized spacial score (nSPS) is 32.4. The van der Waals surface area contributed by atoms with Crippen molar-refractivity contribution >= 4 is 46.2 Å². The molecule has 2 saturated heterocycles.